The van der Waals surface area contributed by atoms with Gasteiger partial charge in [0.25, 0.3) is 5.56 Å². The zero-order valence-electron chi connectivity index (χ0n) is 25.7. The van der Waals surface area contributed by atoms with E-state index in [1.54, 1.807) is 19.1 Å². The summed E-state index contributed by atoms with van der Waals surface area (Å²) in [5, 5.41) is 9.68. The molecule has 0 saturated heterocycles. The molecule has 0 radical (unpaired) electrons. The predicted molar refractivity (Wildman–Crippen MR) is 166 cm³/mol. The van der Waals surface area contributed by atoms with Gasteiger partial charge < -0.3 is 14.2 Å². The normalized spacial score (nSPS) is 13.0. The first-order valence-electron chi connectivity index (χ1n) is 14.3. The lowest BCUT2D eigenvalue weighted by Crippen LogP contribution is -2.53. The van der Waals surface area contributed by atoms with Crippen molar-refractivity contribution in [3.8, 4) is 11.8 Å². The molecule has 0 saturated carbocycles. The Bertz CT molecular complexity index is 1820. The third-order valence-electron chi connectivity index (χ3n) is 7.56. The molecule has 0 amide bonds. The molecule has 0 N–H and O–H groups in total. The van der Waals surface area contributed by atoms with Gasteiger partial charge in [0.1, 0.15) is 34.6 Å². The van der Waals surface area contributed by atoms with Crippen LogP contribution in [0, 0.1) is 30.0 Å². The summed E-state index contributed by atoms with van der Waals surface area (Å²) in [6.07, 6.45) is -0.317. The lowest BCUT2D eigenvalue weighted by molar-refractivity contribution is -0.154. The van der Waals surface area contributed by atoms with E-state index in [-0.39, 0.29) is 19.8 Å². The minimum Gasteiger partial charge on any atom is -0.496 e. The number of carbonyl (C=O) groups excluding carboxylic acids is 1. The van der Waals surface area contributed by atoms with Crippen molar-refractivity contribution in [3.63, 3.8) is 0 Å². The van der Waals surface area contributed by atoms with E-state index >= 15 is 0 Å². The van der Waals surface area contributed by atoms with E-state index in [1.165, 1.54) is 55.1 Å². The zero-order valence-corrected chi connectivity index (χ0v) is 26.5. The topological polar surface area (TPSA) is 113 Å². The van der Waals surface area contributed by atoms with Crippen molar-refractivity contribution in [3.05, 3.63) is 96.8 Å². The zero-order chi connectivity index (χ0) is 32.2. The Kier molecular flexibility index (Phi) is 10.1. The van der Waals surface area contributed by atoms with Crippen LogP contribution in [0.5, 0.6) is 5.75 Å². The van der Waals surface area contributed by atoms with Crippen LogP contribution in [0.2, 0.25) is 0 Å². The molecule has 1 unspecified atom stereocenters. The van der Waals surface area contributed by atoms with Gasteiger partial charge in [0.15, 0.2) is 0 Å². The molecule has 0 bridgehead atoms. The summed E-state index contributed by atoms with van der Waals surface area (Å²) < 4.78 is 34.0. The van der Waals surface area contributed by atoms with E-state index in [0.717, 1.165) is 15.0 Å². The molecule has 2 aromatic heterocycles. The quantitative estimate of drug-likeness (QED) is 0.188. The molecule has 2 aromatic carbocycles. The van der Waals surface area contributed by atoms with E-state index in [1.807, 2.05) is 32.0 Å². The van der Waals surface area contributed by atoms with E-state index in [0.29, 0.717) is 33.5 Å². The Morgan fingerprint density at radius 1 is 1.16 bits per heavy atom. The first-order chi connectivity index (χ1) is 20.9. The standard InChI is InChI=1S/C33H36FN3O6S/c1-7-27-21(3)28-29(38)37(33(4,5)31(39)43-19-22-11-9-8-10-12-22)32(40)36(30(28)44-27)17-26(42-18-20(2)16-35)24-15-23(34)13-14-25(24)41-6/h8-15,20,26H,7,17-19H2,1-6H3/t20?,26-/m0/s1. The Labute approximate surface area is 259 Å². The highest BCUT2D eigenvalue weighted by molar-refractivity contribution is 7.18. The molecule has 0 aliphatic heterocycles. The van der Waals surface area contributed by atoms with Crippen molar-refractivity contribution < 1.29 is 23.4 Å². The van der Waals surface area contributed by atoms with Gasteiger partial charge in [-0.1, -0.05) is 37.3 Å². The van der Waals surface area contributed by atoms with Gasteiger partial charge in [0, 0.05) is 10.4 Å². The lowest BCUT2D eigenvalue weighted by atomic mass is 10.0. The molecule has 4 aromatic rings. The first kappa shape index (κ1) is 32.6. The van der Waals surface area contributed by atoms with Crippen LogP contribution >= 0.6 is 11.3 Å². The van der Waals surface area contributed by atoms with Crippen molar-refractivity contribution in [1.29, 1.82) is 5.26 Å². The second-order valence-electron chi connectivity index (χ2n) is 11.1. The van der Waals surface area contributed by atoms with Crippen LogP contribution in [0.15, 0.2) is 58.1 Å². The number of halogens is 1. The number of hydrogen-bond acceptors (Lipinski definition) is 8. The lowest BCUT2D eigenvalue weighted by Gasteiger charge is -2.27. The van der Waals surface area contributed by atoms with Gasteiger partial charge in [0.05, 0.1) is 37.6 Å². The molecule has 0 aliphatic rings. The highest BCUT2D eigenvalue weighted by atomic mass is 32.1. The highest BCUT2D eigenvalue weighted by Gasteiger charge is 2.37. The van der Waals surface area contributed by atoms with Crippen LogP contribution in [-0.2, 0) is 39.4 Å². The second kappa shape index (κ2) is 13.6. The smallest absolute Gasteiger partial charge is 0.333 e. The van der Waals surface area contributed by atoms with Crippen LogP contribution in [0.25, 0.3) is 10.2 Å². The van der Waals surface area contributed by atoms with Crippen LogP contribution in [0.1, 0.15) is 55.4 Å². The number of carbonyl (C=O) groups is 1. The van der Waals surface area contributed by atoms with Gasteiger partial charge in [-0.15, -0.1) is 11.3 Å². The Morgan fingerprint density at radius 3 is 2.50 bits per heavy atom. The Balaban J connectivity index is 1.90. The fourth-order valence-electron chi connectivity index (χ4n) is 5.04. The molecule has 2 atom stereocenters. The monoisotopic (exact) mass is 621 g/mol. The number of aromatic nitrogens is 2. The average molecular weight is 622 g/mol. The van der Waals surface area contributed by atoms with E-state index in [2.05, 4.69) is 6.07 Å². The fourth-order valence-corrected chi connectivity index (χ4v) is 6.27. The number of esters is 1. The second-order valence-corrected chi connectivity index (χ2v) is 12.2. The molecular formula is C33H36FN3O6S. The molecule has 9 nitrogen and oxygen atoms in total. The van der Waals surface area contributed by atoms with Crippen LogP contribution in [0.4, 0.5) is 4.39 Å². The fraction of sp³-hybridized carbons (Fsp3) is 0.394. The largest absolute Gasteiger partial charge is 0.496 e. The summed E-state index contributed by atoms with van der Waals surface area (Å²) in [6.45, 7) is 8.22. The minimum atomic E-state index is -1.68. The minimum absolute atomic E-state index is 0.000645. The molecule has 0 fully saturated rings. The number of ether oxygens (including phenoxy) is 3. The number of nitriles is 1. The third kappa shape index (κ3) is 6.47. The SMILES string of the molecule is CCc1sc2c(c1C)c(=O)n(C(C)(C)C(=O)OCc1ccccc1)c(=O)n2C[C@H](OCC(C)C#N)c1cc(F)ccc1OC. The number of benzene rings is 2. The highest BCUT2D eigenvalue weighted by Crippen LogP contribution is 2.33. The maximum Gasteiger partial charge on any atom is 0.333 e. The van der Waals surface area contributed by atoms with Crippen molar-refractivity contribution in [1.82, 2.24) is 9.13 Å². The number of rotatable bonds is 12. The molecule has 11 heteroatoms. The van der Waals surface area contributed by atoms with Crippen molar-refractivity contribution in [2.24, 2.45) is 5.92 Å². The summed E-state index contributed by atoms with van der Waals surface area (Å²) in [4.78, 5) is 43.2. The average Bonchev–Trinajstić information content (AvgIpc) is 3.35. The van der Waals surface area contributed by atoms with Crippen molar-refractivity contribution in [2.45, 2.75) is 65.8 Å². The summed E-state index contributed by atoms with van der Waals surface area (Å²) >= 11 is 1.31. The molecular weight excluding hydrogens is 585 g/mol. The summed E-state index contributed by atoms with van der Waals surface area (Å²) in [6, 6.07) is 15.2. The number of nitrogens with zero attached hydrogens (tertiary/aromatic N) is 3. The summed E-state index contributed by atoms with van der Waals surface area (Å²) in [5.74, 6) is -1.44. The molecule has 2 heterocycles. The maximum absolute atomic E-state index is 14.5. The van der Waals surface area contributed by atoms with Gasteiger partial charge in [0.2, 0.25) is 0 Å². The molecule has 232 valence electrons. The molecule has 0 spiro atoms. The van der Waals surface area contributed by atoms with E-state index in [4.69, 9.17) is 14.2 Å². The number of thiophene rings is 1. The van der Waals surface area contributed by atoms with Gasteiger partial charge in [-0.2, -0.15) is 5.26 Å². The first-order valence-corrected chi connectivity index (χ1v) is 15.1. The number of fused-ring (bicyclic) bond motifs is 1. The number of hydrogen-bond donors (Lipinski definition) is 0. The van der Waals surface area contributed by atoms with Gasteiger partial charge in [-0.05, 0) is 63.4 Å². The van der Waals surface area contributed by atoms with Crippen LogP contribution in [0.3, 0.4) is 0 Å². The Hall–Kier alpha value is -4.27. The molecule has 44 heavy (non-hydrogen) atoms. The molecule has 4 rings (SSSR count). The molecule has 0 aliphatic carbocycles. The van der Waals surface area contributed by atoms with Crippen molar-refractivity contribution >= 4 is 27.5 Å². The van der Waals surface area contributed by atoms with E-state index in [9.17, 15) is 24.0 Å². The predicted octanol–water partition coefficient (Wildman–Crippen LogP) is 5.64. The van der Waals surface area contributed by atoms with Crippen LogP contribution in [-0.4, -0.2) is 28.8 Å². The number of aryl methyl sites for hydroxylation is 2. The number of methoxy groups -OCH3 is 1. The van der Waals surface area contributed by atoms with Gasteiger partial charge in [-0.3, -0.25) is 9.36 Å². The third-order valence-corrected chi connectivity index (χ3v) is 9.02. The summed E-state index contributed by atoms with van der Waals surface area (Å²) in [7, 11) is 1.44. The Morgan fingerprint density at radius 2 is 1.86 bits per heavy atom. The van der Waals surface area contributed by atoms with Gasteiger partial charge >= 0.3 is 11.7 Å². The van der Waals surface area contributed by atoms with Crippen LogP contribution < -0.4 is 16.0 Å². The maximum atomic E-state index is 14.5. The van der Waals surface area contributed by atoms with Gasteiger partial charge in [-0.25, -0.2) is 18.5 Å². The summed E-state index contributed by atoms with van der Waals surface area (Å²) in [5.41, 5.74) is -1.22. The van der Waals surface area contributed by atoms with Crippen molar-refractivity contribution in [2.75, 3.05) is 13.7 Å². The van der Waals surface area contributed by atoms with E-state index < -0.39 is 40.6 Å².